The highest BCUT2D eigenvalue weighted by Gasteiger charge is 2.04. The van der Waals surface area contributed by atoms with Crippen molar-refractivity contribution in [3.8, 4) is 0 Å². The van der Waals surface area contributed by atoms with Crippen molar-refractivity contribution in [3.05, 3.63) is 24.3 Å². The van der Waals surface area contributed by atoms with E-state index in [-0.39, 0.29) is 11.9 Å². The number of nitrogens with one attached hydrogen (secondary N) is 2. The van der Waals surface area contributed by atoms with Gasteiger partial charge in [-0.25, -0.2) is 0 Å². The van der Waals surface area contributed by atoms with Crippen LogP contribution in [0.25, 0.3) is 0 Å². The molecule has 0 saturated heterocycles. The zero-order chi connectivity index (χ0) is 12.7. The van der Waals surface area contributed by atoms with Crippen molar-refractivity contribution in [2.45, 2.75) is 31.2 Å². The molecule has 1 aromatic rings. The molecule has 0 bridgehead atoms. The molecule has 1 atom stereocenters. The van der Waals surface area contributed by atoms with E-state index in [2.05, 4.69) is 17.6 Å². The summed E-state index contributed by atoms with van der Waals surface area (Å²) in [6.45, 7) is 4.38. The minimum absolute atomic E-state index is 0.0355. The summed E-state index contributed by atoms with van der Waals surface area (Å²) in [6, 6.07) is 8.30. The highest BCUT2D eigenvalue weighted by molar-refractivity contribution is 7.98. The van der Waals surface area contributed by atoms with E-state index in [0.29, 0.717) is 6.54 Å². The van der Waals surface area contributed by atoms with Crippen LogP contribution in [-0.2, 0) is 4.79 Å². The first-order valence-corrected chi connectivity index (χ1v) is 7.05. The average Bonchev–Trinajstić information content (AvgIpc) is 2.36. The summed E-state index contributed by atoms with van der Waals surface area (Å²) in [7, 11) is 0. The number of benzene rings is 1. The molecule has 1 aromatic carbocycles. The summed E-state index contributed by atoms with van der Waals surface area (Å²) in [4.78, 5) is 12.8. The van der Waals surface area contributed by atoms with E-state index in [1.54, 1.807) is 11.8 Å². The number of thioether (sulfide) groups is 1. The Morgan fingerprint density at radius 2 is 2.00 bits per heavy atom. The Hall–Kier alpha value is -1.16. The van der Waals surface area contributed by atoms with Crippen LogP contribution in [0.4, 0.5) is 5.69 Å². The molecule has 0 saturated carbocycles. The topological polar surface area (TPSA) is 41.1 Å². The molecule has 0 aliphatic carbocycles. The summed E-state index contributed by atoms with van der Waals surface area (Å²) in [5.41, 5.74) is 0.974. The summed E-state index contributed by atoms with van der Waals surface area (Å²) in [6.07, 6.45) is 3.00. The van der Waals surface area contributed by atoms with Crippen molar-refractivity contribution in [1.29, 1.82) is 0 Å². The summed E-state index contributed by atoms with van der Waals surface area (Å²) in [5.74, 6) is 0.0355. The van der Waals surface area contributed by atoms with Crippen LogP contribution in [0.2, 0.25) is 0 Å². The number of hydrogen-bond acceptors (Lipinski definition) is 3. The van der Waals surface area contributed by atoms with Crippen LogP contribution in [0, 0.1) is 0 Å². The number of carbonyl (C=O) groups excluding carboxylic acids is 1. The monoisotopic (exact) mass is 252 g/mol. The smallest absolute Gasteiger partial charge is 0.239 e. The van der Waals surface area contributed by atoms with Crippen molar-refractivity contribution < 1.29 is 4.79 Å². The van der Waals surface area contributed by atoms with Crippen LogP contribution in [0.15, 0.2) is 29.2 Å². The Morgan fingerprint density at radius 3 is 2.53 bits per heavy atom. The molecule has 0 spiro atoms. The van der Waals surface area contributed by atoms with Crippen LogP contribution >= 0.6 is 11.8 Å². The zero-order valence-electron chi connectivity index (χ0n) is 10.6. The van der Waals surface area contributed by atoms with Gasteiger partial charge in [0.05, 0.1) is 6.54 Å². The van der Waals surface area contributed by atoms with Gasteiger partial charge in [0.2, 0.25) is 5.91 Å². The Bertz CT molecular complexity index is 351. The molecule has 0 radical (unpaired) electrons. The molecule has 1 unspecified atom stereocenters. The molecule has 0 fully saturated rings. The fourth-order valence-electron chi connectivity index (χ4n) is 1.32. The molecular weight excluding hydrogens is 232 g/mol. The lowest BCUT2D eigenvalue weighted by atomic mass is 10.2. The maximum atomic E-state index is 11.5. The van der Waals surface area contributed by atoms with Gasteiger partial charge in [-0.1, -0.05) is 6.92 Å². The molecule has 94 valence electrons. The molecule has 1 amide bonds. The molecule has 4 heteroatoms. The van der Waals surface area contributed by atoms with Gasteiger partial charge in [0.25, 0.3) is 0 Å². The normalized spacial score (nSPS) is 11.9. The van der Waals surface area contributed by atoms with Gasteiger partial charge in [-0.05, 0) is 43.9 Å². The maximum absolute atomic E-state index is 11.5. The minimum Gasteiger partial charge on any atom is -0.376 e. The van der Waals surface area contributed by atoms with Crippen LogP contribution in [-0.4, -0.2) is 24.7 Å². The Balaban J connectivity index is 2.36. The van der Waals surface area contributed by atoms with E-state index in [9.17, 15) is 4.79 Å². The lowest BCUT2D eigenvalue weighted by Crippen LogP contribution is -2.36. The standard InChI is InChI=1S/C13H20N2OS/c1-4-10(2)15-13(16)9-14-11-5-7-12(17-3)8-6-11/h5-8,10,14H,4,9H2,1-3H3,(H,15,16). The number of hydrogen-bond donors (Lipinski definition) is 2. The van der Waals surface area contributed by atoms with Crippen LogP contribution in [0.5, 0.6) is 0 Å². The summed E-state index contributed by atoms with van der Waals surface area (Å²) in [5, 5.41) is 6.02. The average molecular weight is 252 g/mol. The molecule has 2 N–H and O–H groups in total. The Kier molecular flexibility index (Phi) is 5.91. The molecule has 0 heterocycles. The van der Waals surface area contributed by atoms with E-state index in [0.717, 1.165) is 12.1 Å². The van der Waals surface area contributed by atoms with E-state index in [1.165, 1.54) is 4.90 Å². The van der Waals surface area contributed by atoms with E-state index in [1.807, 2.05) is 37.4 Å². The lowest BCUT2D eigenvalue weighted by molar-refractivity contribution is -0.120. The summed E-state index contributed by atoms with van der Waals surface area (Å²) < 4.78 is 0. The highest BCUT2D eigenvalue weighted by Crippen LogP contribution is 2.17. The van der Waals surface area contributed by atoms with Gasteiger partial charge in [0, 0.05) is 16.6 Å². The van der Waals surface area contributed by atoms with Crippen molar-refractivity contribution in [1.82, 2.24) is 5.32 Å². The fraction of sp³-hybridized carbons (Fsp3) is 0.462. The van der Waals surface area contributed by atoms with Gasteiger partial charge >= 0.3 is 0 Å². The SMILES string of the molecule is CCC(C)NC(=O)CNc1ccc(SC)cc1. The maximum Gasteiger partial charge on any atom is 0.239 e. The van der Waals surface area contributed by atoms with Crippen molar-refractivity contribution in [2.75, 3.05) is 18.1 Å². The number of rotatable bonds is 6. The number of anilines is 1. The molecule has 0 aliphatic rings. The third-order valence-electron chi connectivity index (χ3n) is 2.56. The van der Waals surface area contributed by atoms with Crippen molar-refractivity contribution in [2.24, 2.45) is 0 Å². The lowest BCUT2D eigenvalue weighted by Gasteiger charge is -2.12. The summed E-state index contributed by atoms with van der Waals surface area (Å²) >= 11 is 1.71. The van der Waals surface area contributed by atoms with Gasteiger partial charge in [0.1, 0.15) is 0 Å². The van der Waals surface area contributed by atoms with Crippen molar-refractivity contribution in [3.63, 3.8) is 0 Å². The zero-order valence-corrected chi connectivity index (χ0v) is 11.4. The first-order valence-electron chi connectivity index (χ1n) is 5.83. The predicted octanol–water partition coefficient (Wildman–Crippen LogP) is 2.74. The molecule has 0 aromatic heterocycles. The molecule has 3 nitrogen and oxygen atoms in total. The molecule has 17 heavy (non-hydrogen) atoms. The Labute approximate surface area is 107 Å². The van der Waals surface area contributed by atoms with Crippen LogP contribution in [0.3, 0.4) is 0 Å². The third kappa shape index (κ3) is 5.13. The van der Waals surface area contributed by atoms with Crippen LogP contribution < -0.4 is 10.6 Å². The second-order valence-corrected chi connectivity index (χ2v) is 4.84. The van der Waals surface area contributed by atoms with Gasteiger partial charge in [0.15, 0.2) is 0 Å². The quantitative estimate of drug-likeness (QED) is 0.765. The van der Waals surface area contributed by atoms with Crippen molar-refractivity contribution >= 4 is 23.4 Å². The minimum atomic E-state index is 0.0355. The van der Waals surface area contributed by atoms with Gasteiger partial charge in [-0.3, -0.25) is 4.79 Å². The highest BCUT2D eigenvalue weighted by atomic mass is 32.2. The second-order valence-electron chi connectivity index (χ2n) is 3.96. The van der Waals surface area contributed by atoms with E-state index >= 15 is 0 Å². The van der Waals surface area contributed by atoms with Gasteiger partial charge < -0.3 is 10.6 Å². The second kappa shape index (κ2) is 7.22. The van der Waals surface area contributed by atoms with E-state index in [4.69, 9.17) is 0 Å². The molecular formula is C13H20N2OS. The van der Waals surface area contributed by atoms with E-state index < -0.39 is 0 Å². The number of amides is 1. The largest absolute Gasteiger partial charge is 0.376 e. The van der Waals surface area contributed by atoms with Crippen LogP contribution in [0.1, 0.15) is 20.3 Å². The predicted molar refractivity (Wildman–Crippen MR) is 74.6 cm³/mol. The molecule has 0 aliphatic heterocycles. The first-order chi connectivity index (χ1) is 8.15. The van der Waals surface area contributed by atoms with Gasteiger partial charge in [-0.15, -0.1) is 11.8 Å². The molecule has 1 rings (SSSR count). The third-order valence-corrected chi connectivity index (χ3v) is 3.31. The fourth-order valence-corrected chi connectivity index (χ4v) is 1.73. The Morgan fingerprint density at radius 1 is 1.35 bits per heavy atom. The first kappa shape index (κ1) is 13.9. The number of carbonyl (C=O) groups is 1. The van der Waals surface area contributed by atoms with Gasteiger partial charge in [-0.2, -0.15) is 0 Å².